The Balaban J connectivity index is 1.83. The van der Waals surface area contributed by atoms with Crippen LogP contribution in [0.5, 0.6) is 0 Å². The molecule has 3 rings (SSSR count). The number of aromatic nitrogens is 3. The normalized spacial score (nSPS) is 22.0. The van der Waals surface area contributed by atoms with E-state index in [2.05, 4.69) is 15.2 Å². The third-order valence-corrected chi connectivity index (χ3v) is 5.04. The van der Waals surface area contributed by atoms with Gasteiger partial charge >= 0.3 is 0 Å². The molecular weight excluding hydrogens is 342 g/mol. The second kappa shape index (κ2) is 7.07. The smallest absolute Gasteiger partial charge is 0.134 e. The highest BCUT2D eigenvalue weighted by Gasteiger charge is 2.34. The lowest BCUT2D eigenvalue weighted by atomic mass is 9.92. The summed E-state index contributed by atoms with van der Waals surface area (Å²) in [5.41, 5.74) is 1.66. The van der Waals surface area contributed by atoms with Crippen LogP contribution in [0.1, 0.15) is 24.2 Å². The number of halogens is 1. The third kappa shape index (κ3) is 4.06. The number of likely N-dealkylation sites (tertiary alicyclic amines) is 1. The fourth-order valence-electron chi connectivity index (χ4n) is 3.65. The Hall–Kier alpha value is -1.41. The molecule has 0 aliphatic carbocycles. The summed E-state index contributed by atoms with van der Waals surface area (Å²) in [5, 5.41) is 20.1. The monoisotopic (exact) mass is 367 g/mol. The van der Waals surface area contributed by atoms with Crippen LogP contribution < -0.4 is 0 Å². The Morgan fingerprint density at radius 2 is 2.20 bits per heavy atom. The van der Waals surface area contributed by atoms with E-state index >= 15 is 0 Å². The Kier molecular flexibility index (Phi) is 5.20. The molecule has 1 fully saturated rings. The molecule has 1 aliphatic heterocycles. The summed E-state index contributed by atoms with van der Waals surface area (Å²) < 4.78 is 6.85. The van der Waals surface area contributed by atoms with Gasteiger partial charge in [-0.25, -0.2) is 0 Å². The van der Waals surface area contributed by atoms with Gasteiger partial charge in [0, 0.05) is 38.3 Å². The summed E-state index contributed by atoms with van der Waals surface area (Å²) in [7, 11) is 5.79. The van der Waals surface area contributed by atoms with E-state index in [1.165, 1.54) is 0 Å². The molecule has 2 aromatic rings. The van der Waals surface area contributed by atoms with Crippen molar-refractivity contribution in [3.8, 4) is 11.4 Å². The second-order valence-corrected chi connectivity index (χ2v) is 7.70. The van der Waals surface area contributed by atoms with E-state index in [4.69, 9.17) is 16.1 Å². The highest BCUT2D eigenvalue weighted by Crippen LogP contribution is 2.31. The van der Waals surface area contributed by atoms with Crippen molar-refractivity contribution < 1.29 is 9.63 Å². The topological polar surface area (TPSA) is 70.6 Å². The van der Waals surface area contributed by atoms with Crippen LogP contribution in [0.2, 0.25) is 5.15 Å². The Morgan fingerprint density at radius 1 is 1.44 bits per heavy atom. The second-order valence-electron chi connectivity index (χ2n) is 7.34. The van der Waals surface area contributed by atoms with Gasteiger partial charge in [0.05, 0.1) is 5.60 Å². The van der Waals surface area contributed by atoms with E-state index in [1.807, 2.05) is 39.0 Å². The number of nitrogens with zero attached hydrogens (tertiary/aromatic N) is 5. The molecular formula is C17H26ClN5O2. The number of β-amino-alcohol motifs (C(OH)–C–C–N with tert-alkyl or cyclic N) is 1. The first-order valence-electron chi connectivity index (χ1n) is 8.52. The number of piperidine rings is 1. The van der Waals surface area contributed by atoms with E-state index in [-0.39, 0.29) is 0 Å². The van der Waals surface area contributed by atoms with Crippen LogP contribution >= 0.6 is 11.6 Å². The van der Waals surface area contributed by atoms with E-state index in [9.17, 15) is 5.11 Å². The van der Waals surface area contributed by atoms with Gasteiger partial charge < -0.3 is 14.5 Å². The average Bonchev–Trinajstić information content (AvgIpc) is 3.05. The quantitative estimate of drug-likeness (QED) is 0.870. The van der Waals surface area contributed by atoms with Gasteiger partial charge in [-0.15, -0.1) is 0 Å². The fourth-order valence-corrected chi connectivity index (χ4v) is 3.84. The van der Waals surface area contributed by atoms with E-state index in [0.717, 1.165) is 36.4 Å². The number of hydrogen-bond acceptors (Lipinski definition) is 6. The number of likely N-dealkylation sites (N-methyl/N-ethyl adjacent to an activating group) is 1. The van der Waals surface area contributed by atoms with Crippen LogP contribution in [0.4, 0.5) is 0 Å². The molecule has 0 saturated carbocycles. The molecule has 1 saturated heterocycles. The zero-order valence-electron chi connectivity index (χ0n) is 15.3. The van der Waals surface area contributed by atoms with Crippen molar-refractivity contribution in [3.63, 3.8) is 0 Å². The molecule has 0 amide bonds. The molecule has 7 nitrogen and oxygen atoms in total. The maximum Gasteiger partial charge on any atom is 0.134 e. The van der Waals surface area contributed by atoms with Gasteiger partial charge in [-0.3, -0.25) is 9.58 Å². The molecule has 3 heterocycles. The predicted molar refractivity (Wildman–Crippen MR) is 96.5 cm³/mol. The fraction of sp³-hybridized carbons (Fsp3) is 0.647. The summed E-state index contributed by atoms with van der Waals surface area (Å²) in [6, 6.07) is 1.86. The van der Waals surface area contributed by atoms with Crippen LogP contribution in [0, 0.1) is 6.92 Å². The molecule has 0 radical (unpaired) electrons. The van der Waals surface area contributed by atoms with Crippen molar-refractivity contribution >= 4 is 11.6 Å². The van der Waals surface area contributed by atoms with Crippen molar-refractivity contribution in [2.45, 2.75) is 31.9 Å². The molecule has 0 bridgehead atoms. The zero-order chi connectivity index (χ0) is 18.2. The van der Waals surface area contributed by atoms with Gasteiger partial charge in [0.1, 0.15) is 22.3 Å². The van der Waals surface area contributed by atoms with Gasteiger partial charge in [0.15, 0.2) is 0 Å². The molecule has 1 N–H and O–H groups in total. The highest BCUT2D eigenvalue weighted by atomic mass is 35.5. The molecule has 1 atom stereocenters. The Morgan fingerprint density at radius 3 is 2.84 bits per heavy atom. The van der Waals surface area contributed by atoms with Crippen molar-refractivity contribution in [1.82, 2.24) is 24.7 Å². The molecule has 8 heteroatoms. The van der Waals surface area contributed by atoms with E-state index in [1.54, 1.807) is 4.68 Å². The maximum atomic E-state index is 10.9. The summed E-state index contributed by atoms with van der Waals surface area (Å²) in [5.74, 6) is 0.737. The Bertz CT molecular complexity index is 741. The minimum Gasteiger partial charge on any atom is -0.387 e. The van der Waals surface area contributed by atoms with Gasteiger partial charge in [-0.1, -0.05) is 16.8 Å². The average molecular weight is 368 g/mol. The molecule has 25 heavy (non-hydrogen) atoms. The van der Waals surface area contributed by atoms with Crippen LogP contribution in [-0.4, -0.2) is 69.2 Å². The number of aryl methyl sites for hydroxylation is 2. The van der Waals surface area contributed by atoms with E-state index < -0.39 is 5.60 Å². The van der Waals surface area contributed by atoms with Crippen molar-refractivity contribution in [3.05, 3.63) is 22.5 Å². The predicted octanol–water partition coefficient (Wildman–Crippen LogP) is 1.93. The minimum absolute atomic E-state index is 0.595. The molecule has 0 aromatic carbocycles. The first-order chi connectivity index (χ1) is 11.8. The first-order valence-corrected chi connectivity index (χ1v) is 8.90. The molecule has 2 aromatic heterocycles. The summed E-state index contributed by atoms with van der Waals surface area (Å²) in [6.07, 6.45) is 1.78. The largest absolute Gasteiger partial charge is 0.387 e. The molecule has 1 unspecified atom stereocenters. The molecule has 138 valence electrons. The highest BCUT2D eigenvalue weighted by molar-refractivity contribution is 6.30. The summed E-state index contributed by atoms with van der Waals surface area (Å²) in [6.45, 7) is 4.68. The van der Waals surface area contributed by atoms with Gasteiger partial charge in [-0.2, -0.15) is 5.10 Å². The van der Waals surface area contributed by atoms with Crippen molar-refractivity contribution in [2.24, 2.45) is 7.05 Å². The lowest BCUT2D eigenvalue weighted by Crippen LogP contribution is -2.52. The van der Waals surface area contributed by atoms with Gasteiger partial charge in [0.2, 0.25) is 0 Å². The zero-order valence-corrected chi connectivity index (χ0v) is 16.0. The summed E-state index contributed by atoms with van der Waals surface area (Å²) >= 11 is 6.49. The number of hydrogen-bond donors (Lipinski definition) is 1. The Labute approximate surface area is 153 Å². The third-order valence-electron chi connectivity index (χ3n) is 4.57. The lowest BCUT2D eigenvalue weighted by molar-refractivity contribution is -0.0479. The first kappa shape index (κ1) is 18.4. The van der Waals surface area contributed by atoms with Crippen LogP contribution in [0.15, 0.2) is 10.6 Å². The molecule has 1 aliphatic rings. The van der Waals surface area contributed by atoms with Crippen molar-refractivity contribution in [2.75, 3.05) is 33.7 Å². The van der Waals surface area contributed by atoms with Crippen LogP contribution in [-0.2, 0) is 13.6 Å². The minimum atomic E-state index is -0.693. The van der Waals surface area contributed by atoms with Crippen molar-refractivity contribution in [1.29, 1.82) is 0 Å². The number of rotatable bonds is 5. The van der Waals surface area contributed by atoms with Gasteiger partial charge in [-0.05, 0) is 40.4 Å². The molecule has 0 spiro atoms. The van der Waals surface area contributed by atoms with Crippen LogP contribution in [0.3, 0.4) is 0 Å². The lowest BCUT2D eigenvalue weighted by Gasteiger charge is -2.40. The SMILES string of the molecule is Cc1cc(-c2nn(C)c(Cl)c2CN2CCCC(O)(CN(C)C)C2)no1. The standard InChI is InChI=1S/C17H26ClN5O2/c1-12-8-14(20-25-12)15-13(16(18)22(4)19-15)9-23-7-5-6-17(24,11-23)10-21(2)3/h8,24H,5-7,9-11H2,1-4H3. The van der Waals surface area contributed by atoms with Gasteiger partial charge in [0.25, 0.3) is 0 Å². The van der Waals surface area contributed by atoms with Crippen LogP contribution in [0.25, 0.3) is 11.4 Å². The maximum absolute atomic E-state index is 10.9. The summed E-state index contributed by atoms with van der Waals surface area (Å²) in [4.78, 5) is 4.27. The van der Waals surface area contributed by atoms with E-state index in [0.29, 0.717) is 30.5 Å². The number of aliphatic hydroxyl groups is 1.